The van der Waals surface area contributed by atoms with Crippen molar-refractivity contribution in [3.05, 3.63) is 34.3 Å². The molecule has 0 N–H and O–H groups in total. The van der Waals surface area contributed by atoms with E-state index < -0.39 is 4.92 Å². The Kier molecular flexibility index (Phi) is 7.96. The molecular formula is C14H25N5O2. The van der Waals surface area contributed by atoms with Crippen LogP contribution in [-0.2, 0) is 0 Å². The van der Waals surface area contributed by atoms with Crippen LogP contribution in [0.4, 0.5) is 5.82 Å². The standard InChI is InChI=1S/C10H13N5O2.2C2H6/c1-7(2)13-6-9(4-11-13)14-5-8(3)10(12-14)15(16)17;2*1-2/h4-7H,1-3H3;2*1-2H3. The Morgan fingerprint density at radius 3 is 2.14 bits per heavy atom. The largest absolute Gasteiger partial charge is 0.393 e. The molecule has 0 fully saturated rings. The third-order valence-electron chi connectivity index (χ3n) is 2.43. The first-order valence-corrected chi connectivity index (χ1v) is 7.24. The number of rotatable bonds is 3. The Bertz CT molecular complexity index is 557. The number of hydrogen-bond donors (Lipinski definition) is 0. The van der Waals surface area contributed by atoms with E-state index in [0.717, 1.165) is 5.69 Å². The third-order valence-corrected chi connectivity index (χ3v) is 2.43. The van der Waals surface area contributed by atoms with Crippen LogP contribution in [0.15, 0.2) is 18.6 Å². The minimum atomic E-state index is -0.487. The second-order valence-corrected chi connectivity index (χ2v) is 4.11. The molecule has 0 amide bonds. The molecule has 0 bridgehead atoms. The summed E-state index contributed by atoms with van der Waals surface area (Å²) in [6.07, 6.45) is 5.07. The van der Waals surface area contributed by atoms with Crippen molar-refractivity contribution in [3.8, 4) is 5.69 Å². The topological polar surface area (TPSA) is 78.8 Å². The van der Waals surface area contributed by atoms with Crippen molar-refractivity contribution in [1.82, 2.24) is 19.6 Å². The van der Waals surface area contributed by atoms with Crippen LogP contribution in [-0.4, -0.2) is 24.5 Å². The Balaban J connectivity index is 0.000000921. The molecule has 0 unspecified atom stereocenters. The molecule has 0 saturated carbocycles. The number of aryl methyl sites for hydroxylation is 1. The quantitative estimate of drug-likeness (QED) is 0.635. The molecular weight excluding hydrogens is 270 g/mol. The van der Waals surface area contributed by atoms with Crippen LogP contribution in [0.5, 0.6) is 0 Å². The second kappa shape index (κ2) is 8.89. The molecule has 0 atom stereocenters. The summed E-state index contributed by atoms with van der Waals surface area (Å²) in [4.78, 5) is 10.2. The zero-order chi connectivity index (χ0) is 16.6. The molecule has 0 radical (unpaired) electrons. The van der Waals surface area contributed by atoms with Crippen molar-refractivity contribution >= 4 is 5.82 Å². The van der Waals surface area contributed by atoms with Gasteiger partial charge in [-0.05, 0) is 25.7 Å². The van der Waals surface area contributed by atoms with Crippen molar-refractivity contribution in [3.63, 3.8) is 0 Å². The first-order chi connectivity index (χ1) is 9.99. The summed E-state index contributed by atoms with van der Waals surface area (Å²) < 4.78 is 3.25. The van der Waals surface area contributed by atoms with E-state index in [1.165, 1.54) is 4.68 Å². The van der Waals surface area contributed by atoms with Crippen LogP contribution in [0.1, 0.15) is 53.1 Å². The average Bonchev–Trinajstić information content (AvgIpc) is 3.09. The molecule has 7 heteroatoms. The smallest absolute Gasteiger partial charge is 0.358 e. The molecule has 118 valence electrons. The monoisotopic (exact) mass is 295 g/mol. The van der Waals surface area contributed by atoms with Gasteiger partial charge in [0.1, 0.15) is 5.69 Å². The summed E-state index contributed by atoms with van der Waals surface area (Å²) in [5.74, 6) is -0.123. The summed E-state index contributed by atoms with van der Waals surface area (Å²) in [6.45, 7) is 13.7. The fourth-order valence-electron chi connectivity index (χ4n) is 1.49. The lowest BCUT2D eigenvalue weighted by Crippen LogP contribution is -2.00. The van der Waals surface area contributed by atoms with E-state index in [1.54, 1.807) is 30.2 Å². The molecule has 0 spiro atoms. The predicted octanol–water partition coefficient (Wildman–Crippen LogP) is 3.92. The third kappa shape index (κ3) is 4.70. The average molecular weight is 295 g/mol. The molecule has 21 heavy (non-hydrogen) atoms. The molecule has 2 rings (SSSR count). The first-order valence-electron chi connectivity index (χ1n) is 7.24. The van der Waals surface area contributed by atoms with E-state index in [0.29, 0.717) is 5.56 Å². The highest BCUT2D eigenvalue weighted by Gasteiger charge is 2.18. The molecule has 0 saturated heterocycles. The predicted molar refractivity (Wildman–Crippen MR) is 83.8 cm³/mol. The minimum absolute atomic E-state index is 0.123. The van der Waals surface area contributed by atoms with Crippen LogP contribution < -0.4 is 0 Å². The molecule has 0 aliphatic carbocycles. The fourth-order valence-corrected chi connectivity index (χ4v) is 1.49. The number of hydrogen-bond acceptors (Lipinski definition) is 4. The van der Waals surface area contributed by atoms with Gasteiger partial charge in [-0.2, -0.15) is 5.10 Å². The van der Waals surface area contributed by atoms with Crippen LogP contribution >= 0.6 is 0 Å². The number of nitro groups is 1. The van der Waals surface area contributed by atoms with Crippen molar-refractivity contribution in [2.75, 3.05) is 0 Å². The highest BCUT2D eigenvalue weighted by molar-refractivity contribution is 5.34. The zero-order valence-corrected chi connectivity index (χ0v) is 13.9. The molecule has 2 aromatic rings. The highest BCUT2D eigenvalue weighted by Crippen LogP contribution is 2.17. The highest BCUT2D eigenvalue weighted by atomic mass is 16.6. The number of nitrogens with zero attached hydrogens (tertiary/aromatic N) is 5. The van der Waals surface area contributed by atoms with Gasteiger partial charge < -0.3 is 10.1 Å². The van der Waals surface area contributed by atoms with Gasteiger partial charge in [0.05, 0.1) is 29.3 Å². The lowest BCUT2D eigenvalue weighted by molar-refractivity contribution is -0.390. The van der Waals surface area contributed by atoms with Crippen molar-refractivity contribution in [1.29, 1.82) is 0 Å². The number of aromatic nitrogens is 4. The van der Waals surface area contributed by atoms with E-state index in [2.05, 4.69) is 10.2 Å². The van der Waals surface area contributed by atoms with E-state index in [4.69, 9.17) is 0 Å². The van der Waals surface area contributed by atoms with Crippen LogP contribution in [0.3, 0.4) is 0 Å². The Morgan fingerprint density at radius 1 is 1.19 bits per heavy atom. The normalized spacial score (nSPS) is 9.52. The Hall–Kier alpha value is -2.18. The summed E-state index contributed by atoms with van der Waals surface area (Å²) in [6, 6.07) is 0.246. The van der Waals surface area contributed by atoms with Gasteiger partial charge in [0, 0.05) is 6.04 Å². The molecule has 2 heterocycles. The maximum atomic E-state index is 10.7. The summed E-state index contributed by atoms with van der Waals surface area (Å²) in [5.41, 5.74) is 1.25. The van der Waals surface area contributed by atoms with Gasteiger partial charge in [-0.25, -0.2) is 0 Å². The van der Waals surface area contributed by atoms with Crippen LogP contribution in [0.25, 0.3) is 5.69 Å². The Labute approximate surface area is 125 Å². The fraction of sp³-hybridized carbons (Fsp3) is 0.571. The van der Waals surface area contributed by atoms with Crippen molar-refractivity contribution < 1.29 is 4.92 Å². The summed E-state index contributed by atoms with van der Waals surface area (Å²) >= 11 is 0. The van der Waals surface area contributed by atoms with E-state index >= 15 is 0 Å². The summed E-state index contributed by atoms with van der Waals surface area (Å²) in [7, 11) is 0. The Morgan fingerprint density at radius 2 is 1.76 bits per heavy atom. The van der Waals surface area contributed by atoms with Gasteiger partial charge in [0.2, 0.25) is 0 Å². The van der Waals surface area contributed by atoms with Crippen molar-refractivity contribution in [2.24, 2.45) is 0 Å². The van der Waals surface area contributed by atoms with Gasteiger partial charge in [0.25, 0.3) is 0 Å². The van der Waals surface area contributed by atoms with Gasteiger partial charge in [-0.3, -0.25) is 4.68 Å². The van der Waals surface area contributed by atoms with E-state index in [9.17, 15) is 10.1 Å². The van der Waals surface area contributed by atoms with Crippen LogP contribution in [0.2, 0.25) is 0 Å². The molecule has 0 aliphatic rings. The van der Waals surface area contributed by atoms with Crippen LogP contribution in [0, 0.1) is 17.0 Å². The second-order valence-electron chi connectivity index (χ2n) is 4.11. The van der Waals surface area contributed by atoms with E-state index in [-0.39, 0.29) is 11.9 Å². The first kappa shape index (κ1) is 18.8. The van der Waals surface area contributed by atoms with Crippen molar-refractivity contribution in [2.45, 2.75) is 54.5 Å². The SMILES string of the molecule is CC.CC.Cc1cn(-c2cnn(C(C)C)c2)nc1[N+](=O)[O-]. The van der Waals surface area contributed by atoms with Gasteiger partial charge in [-0.1, -0.05) is 27.7 Å². The molecule has 0 aromatic carbocycles. The maximum Gasteiger partial charge on any atom is 0.393 e. The minimum Gasteiger partial charge on any atom is -0.358 e. The molecule has 0 aliphatic heterocycles. The molecule has 2 aromatic heterocycles. The lowest BCUT2D eigenvalue weighted by atomic mass is 10.4. The van der Waals surface area contributed by atoms with Gasteiger partial charge in [0.15, 0.2) is 0 Å². The summed E-state index contributed by atoms with van der Waals surface area (Å²) in [5, 5.41) is 18.8. The van der Waals surface area contributed by atoms with Gasteiger partial charge >= 0.3 is 5.82 Å². The molecule has 7 nitrogen and oxygen atoms in total. The maximum absolute atomic E-state index is 10.7. The zero-order valence-electron chi connectivity index (χ0n) is 13.9. The van der Waals surface area contributed by atoms with E-state index in [1.807, 2.05) is 41.5 Å². The van der Waals surface area contributed by atoms with Gasteiger partial charge in [-0.15, -0.1) is 4.68 Å². The lowest BCUT2D eigenvalue weighted by Gasteiger charge is -2.02.